The number of H-pyrrole nitrogens is 1. The van der Waals surface area contributed by atoms with Crippen LogP contribution in [-0.2, 0) is 13.0 Å². The lowest BCUT2D eigenvalue weighted by molar-refractivity contribution is 0.0780. The number of nitrogen functional groups attached to an aromatic ring is 1. The number of aromatic amines is 1. The number of hydrogen-bond donors (Lipinski definition) is 2. The molecule has 21 heavy (non-hydrogen) atoms. The second-order valence-corrected chi connectivity index (χ2v) is 5.41. The minimum absolute atomic E-state index is 0.163. The average molecular weight is 286 g/mol. The summed E-state index contributed by atoms with van der Waals surface area (Å²) in [7, 11) is 1.77. The molecular weight excluding hydrogens is 264 g/mol. The van der Waals surface area contributed by atoms with E-state index in [1.54, 1.807) is 11.9 Å². The van der Waals surface area contributed by atoms with Gasteiger partial charge >= 0.3 is 0 Å². The van der Waals surface area contributed by atoms with Crippen molar-refractivity contribution in [3.63, 3.8) is 0 Å². The summed E-state index contributed by atoms with van der Waals surface area (Å²) in [5.74, 6) is -0.163. The van der Waals surface area contributed by atoms with Gasteiger partial charge in [0.15, 0.2) is 5.69 Å². The van der Waals surface area contributed by atoms with Crippen LogP contribution in [0.1, 0.15) is 39.8 Å². The molecule has 0 aliphatic rings. The zero-order chi connectivity index (χ0) is 15.6. The monoisotopic (exact) mass is 286 g/mol. The van der Waals surface area contributed by atoms with Crippen molar-refractivity contribution in [3.8, 4) is 0 Å². The molecule has 1 amide bonds. The molecule has 0 unspecified atom stereocenters. The number of benzene rings is 1. The molecule has 0 spiro atoms. The first-order valence-corrected chi connectivity index (χ1v) is 7.08. The molecule has 0 saturated heterocycles. The van der Waals surface area contributed by atoms with Crippen molar-refractivity contribution in [3.05, 3.63) is 46.3 Å². The quantitative estimate of drug-likeness (QED) is 0.906. The molecule has 0 atom stereocenters. The fourth-order valence-corrected chi connectivity index (χ4v) is 2.35. The number of nitrogens with zero attached hydrogens (tertiary/aromatic N) is 2. The third-order valence-corrected chi connectivity index (χ3v) is 3.69. The normalized spacial score (nSPS) is 10.7. The van der Waals surface area contributed by atoms with Crippen LogP contribution < -0.4 is 5.73 Å². The van der Waals surface area contributed by atoms with Gasteiger partial charge in [-0.05, 0) is 31.4 Å². The Morgan fingerprint density at radius 1 is 1.38 bits per heavy atom. The van der Waals surface area contributed by atoms with E-state index >= 15 is 0 Å². The predicted octanol–water partition coefficient (Wildman–Crippen LogP) is 2.44. The molecule has 5 nitrogen and oxygen atoms in total. The lowest BCUT2D eigenvalue weighted by atomic mass is 10.1. The van der Waals surface area contributed by atoms with Gasteiger partial charge in [-0.2, -0.15) is 5.10 Å². The van der Waals surface area contributed by atoms with Crippen LogP contribution in [0.25, 0.3) is 0 Å². The number of aryl methyl sites for hydroxylation is 3. The van der Waals surface area contributed by atoms with Gasteiger partial charge in [-0.25, -0.2) is 0 Å². The van der Waals surface area contributed by atoms with Crippen LogP contribution in [0.15, 0.2) is 18.2 Å². The zero-order valence-electron chi connectivity index (χ0n) is 13.0. The van der Waals surface area contributed by atoms with Gasteiger partial charge in [-0.1, -0.05) is 30.7 Å². The van der Waals surface area contributed by atoms with E-state index in [4.69, 9.17) is 5.73 Å². The molecule has 0 bridgehead atoms. The summed E-state index contributed by atoms with van der Waals surface area (Å²) in [6.45, 7) is 6.62. The molecule has 3 N–H and O–H groups in total. The largest absolute Gasteiger partial charge is 0.395 e. The van der Waals surface area contributed by atoms with E-state index in [1.165, 1.54) is 11.1 Å². The summed E-state index contributed by atoms with van der Waals surface area (Å²) >= 11 is 0. The second kappa shape index (κ2) is 5.99. The van der Waals surface area contributed by atoms with Gasteiger partial charge < -0.3 is 10.6 Å². The highest BCUT2D eigenvalue weighted by Crippen LogP contribution is 2.18. The molecule has 1 aromatic heterocycles. The number of hydrogen-bond acceptors (Lipinski definition) is 3. The van der Waals surface area contributed by atoms with Crippen molar-refractivity contribution in [2.75, 3.05) is 12.8 Å². The van der Waals surface area contributed by atoms with Crippen molar-refractivity contribution in [2.24, 2.45) is 0 Å². The number of anilines is 1. The zero-order valence-corrected chi connectivity index (χ0v) is 13.0. The maximum Gasteiger partial charge on any atom is 0.276 e. The third kappa shape index (κ3) is 3.07. The van der Waals surface area contributed by atoms with Crippen LogP contribution in [0, 0.1) is 13.8 Å². The molecule has 5 heteroatoms. The van der Waals surface area contributed by atoms with Gasteiger partial charge in [0.25, 0.3) is 5.91 Å². The first-order chi connectivity index (χ1) is 9.93. The van der Waals surface area contributed by atoms with E-state index in [9.17, 15) is 4.79 Å². The fraction of sp³-hybridized carbons (Fsp3) is 0.375. The topological polar surface area (TPSA) is 75.0 Å². The van der Waals surface area contributed by atoms with E-state index in [1.807, 2.05) is 6.92 Å². The van der Waals surface area contributed by atoms with Crippen LogP contribution in [0.5, 0.6) is 0 Å². The van der Waals surface area contributed by atoms with Crippen LogP contribution in [0.2, 0.25) is 0 Å². The molecular formula is C16H22N4O. The van der Waals surface area contributed by atoms with Crippen LogP contribution in [-0.4, -0.2) is 28.1 Å². The highest BCUT2D eigenvalue weighted by molar-refractivity contribution is 5.97. The Bertz CT molecular complexity index is 660. The van der Waals surface area contributed by atoms with Crippen molar-refractivity contribution in [1.82, 2.24) is 15.1 Å². The van der Waals surface area contributed by atoms with Crippen molar-refractivity contribution < 1.29 is 4.79 Å². The van der Waals surface area contributed by atoms with Crippen LogP contribution in [0.3, 0.4) is 0 Å². The van der Waals surface area contributed by atoms with E-state index in [-0.39, 0.29) is 5.91 Å². The summed E-state index contributed by atoms with van der Waals surface area (Å²) < 4.78 is 0. The Morgan fingerprint density at radius 2 is 2.10 bits per heavy atom. The van der Waals surface area contributed by atoms with Gasteiger partial charge in [0.1, 0.15) is 0 Å². The van der Waals surface area contributed by atoms with Crippen LogP contribution >= 0.6 is 0 Å². The first kappa shape index (κ1) is 15.1. The minimum atomic E-state index is -0.163. The SMILES string of the molecule is CCc1[nH]nc(C(=O)N(C)Cc2ccc(C)cc2C)c1N. The number of nitrogens with two attached hydrogens (primary N) is 1. The summed E-state index contributed by atoms with van der Waals surface area (Å²) in [6, 6.07) is 6.23. The number of carbonyl (C=O) groups excluding carboxylic acids is 1. The summed E-state index contributed by atoms with van der Waals surface area (Å²) in [5, 5.41) is 6.86. The molecule has 1 heterocycles. The van der Waals surface area contributed by atoms with Crippen molar-refractivity contribution in [2.45, 2.75) is 33.7 Å². The Kier molecular flexibility index (Phi) is 4.31. The fourth-order valence-electron chi connectivity index (χ4n) is 2.35. The molecule has 1 aromatic carbocycles. The van der Waals surface area contributed by atoms with Gasteiger partial charge in [0.05, 0.1) is 11.4 Å². The number of aromatic nitrogens is 2. The maximum atomic E-state index is 12.4. The Labute approximate surface area is 125 Å². The van der Waals surface area contributed by atoms with Gasteiger partial charge in [-0.3, -0.25) is 9.89 Å². The smallest absolute Gasteiger partial charge is 0.276 e. The third-order valence-electron chi connectivity index (χ3n) is 3.69. The van der Waals surface area contributed by atoms with Crippen molar-refractivity contribution >= 4 is 11.6 Å². The number of rotatable bonds is 4. The van der Waals surface area contributed by atoms with Gasteiger partial charge in [0.2, 0.25) is 0 Å². The average Bonchev–Trinajstić information content (AvgIpc) is 2.82. The molecule has 0 fully saturated rings. The maximum absolute atomic E-state index is 12.4. The van der Waals surface area contributed by atoms with E-state index in [0.29, 0.717) is 17.9 Å². The van der Waals surface area contributed by atoms with Gasteiger partial charge in [0, 0.05) is 13.6 Å². The first-order valence-electron chi connectivity index (χ1n) is 7.08. The minimum Gasteiger partial charge on any atom is -0.395 e. The highest BCUT2D eigenvalue weighted by atomic mass is 16.2. The Hall–Kier alpha value is -2.30. The standard InChI is InChI=1S/C16H22N4O/c1-5-13-14(17)15(19-18-13)16(21)20(4)9-12-7-6-10(2)8-11(12)3/h6-8H,5,9,17H2,1-4H3,(H,18,19). The van der Waals surface area contributed by atoms with E-state index in [2.05, 4.69) is 42.2 Å². The molecule has 0 saturated carbocycles. The molecule has 112 valence electrons. The molecule has 0 radical (unpaired) electrons. The highest BCUT2D eigenvalue weighted by Gasteiger charge is 2.20. The Morgan fingerprint density at radius 3 is 2.67 bits per heavy atom. The van der Waals surface area contributed by atoms with Crippen LogP contribution in [0.4, 0.5) is 5.69 Å². The van der Waals surface area contributed by atoms with E-state index in [0.717, 1.165) is 17.7 Å². The number of amides is 1. The molecule has 0 aliphatic heterocycles. The summed E-state index contributed by atoms with van der Waals surface area (Å²) in [6.07, 6.45) is 0.729. The second-order valence-electron chi connectivity index (χ2n) is 5.41. The number of nitrogens with one attached hydrogen (secondary N) is 1. The lowest BCUT2D eigenvalue weighted by Crippen LogP contribution is -2.27. The van der Waals surface area contributed by atoms with Gasteiger partial charge in [-0.15, -0.1) is 0 Å². The van der Waals surface area contributed by atoms with Crippen molar-refractivity contribution in [1.29, 1.82) is 0 Å². The van der Waals surface area contributed by atoms with E-state index < -0.39 is 0 Å². The number of carbonyl (C=O) groups is 1. The Balaban J connectivity index is 2.17. The predicted molar refractivity (Wildman–Crippen MR) is 84.1 cm³/mol. The molecule has 0 aliphatic carbocycles. The summed E-state index contributed by atoms with van der Waals surface area (Å²) in [5.41, 5.74) is 11.0. The molecule has 2 rings (SSSR count). The lowest BCUT2D eigenvalue weighted by Gasteiger charge is -2.18. The summed E-state index contributed by atoms with van der Waals surface area (Å²) in [4.78, 5) is 14.1. The molecule has 2 aromatic rings.